The quantitative estimate of drug-likeness (QED) is 0.732. The molecule has 0 aromatic heterocycles. The monoisotopic (exact) mass is 238 g/mol. The summed E-state index contributed by atoms with van der Waals surface area (Å²) in [6, 6.07) is 4.43. The highest BCUT2D eigenvalue weighted by Crippen LogP contribution is 2.40. The van der Waals surface area contributed by atoms with Crippen LogP contribution in [-0.4, -0.2) is 16.3 Å². The molecule has 1 aromatic rings. The summed E-state index contributed by atoms with van der Waals surface area (Å²) in [6.07, 6.45) is 1.97. The van der Waals surface area contributed by atoms with Gasteiger partial charge in [-0.2, -0.15) is 0 Å². The van der Waals surface area contributed by atoms with Gasteiger partial charge < -0.3 is 0 Å². The molecule has 1 aliphatic heterocycles. The molecule has 1 heterocycles. The lowest BCUT2D eigenvalue weighted by Gasteiger charge is -2.21. The lowest BCUT2D eigenvalue weighted by Crippen LogP contribution is -2.29. The molecule has 1 atom stereocenters. The molecule has 1 saturated heterocycles. The molecule has 2 rings (SSSR count). The van der Waals surface area contributed by atoms with Crippen LogP contribution in [0.15, 0.2) is 18.2 Å². The Labute approximate surface area is 99.4 Å². The smallest absolute Gasteiger partial charge is 0.178 e. The van der Waals surface area contributed by atoms with Crippen LogP contribution in [0.4, 0.5) is 4.39 Å². The first-order valence-electron chi connectivity index (χ1n) is 5.48. The lowest BCUT2D eigenvalue weighted by molar-refractivity contribution is 0.0948. The first-order chi connectivity index (χ1) is 7.53. The number of rotatable bonds is 2. The molecule has 3 heteroatoms. The fourth-order valence-corrected chi connectivity index (χ4v) is 3.35. The first-order valence-corrected chi connectivity index (χ1v) is 6.46. The van der Waals surface area contributed by atoms with Crippen LogP contribution < -0.4 is 0 Å². The Hall–Kier alpha value is -0.830. The van der Waals surface area contributed by atoms with Gasteiger partial charge in [0.15, 0.2) is 5.78 Å². The van der Waals surface area contributed by atoms with E-state index in [0.29, 0.717) is 5.56 Å². The van der Waals surface area contributed by atoms with Gasteiger partial charge >= 0.3 is 0 Å². The van der Waals surface area contributed by atoms with Crippen molar-refractivity contribution in [3.05, 3.63) is 35.1 Å². The molecule has 1 aromatic carbocycles. The second-order valence-electron chi connectivity index (χ2n) is 4.47. The molecular formula is C13H15FOS. The number of carbonyl (C=O) groups excluding carboxylic acids is 1. The normalized spacial score (nSPS) is 24.7. The molecule has 0 spiro atoms. The van der Waals surface area contributed by atoms with Crippen molar-refractivity contribution in [2.75, 3.05) is 5.75 Å². The van der Waals surface area contributed by atoms with E-state index < -0.39 is 0 Å². The summed E-state index contributed by atoms with van der Waals surface area (Å²) < 4.78 is 12.8. The average molecular weight is 238 g/mol. The van der Waals surface area contributed by atoms with E-state index in [1.165, 1.54) is 12.1 Å². The summed E-state index contributed by atoms with van der Waals surface area (Å²) >= 11 is 1.69. The zero-order valence-corrected chi connectivity index (χ0v) is 10.4. The van der Waals surface area contributed by atoms with Crippen molar-refractivity contribution >= 4 is 17.5 Å². The molecule has 86 valence electrons. The number of aryl methyl sites for hydroxylation is 1. The van der Waals surface area contributed by atoms with Gasteiger partial charge in [0.2, 0.25) is 0 Å². The van der Waals surface area contributed by atoms with Crippen LogP contribution in [0.5, 0.6) is 0 Å². The Morgan fingerprint density at radius 1 is 1.50 bits per heavy atom. The minimum atomic E-state index is -0.349. The van der Waals surface area contributed by atoms with Crippen LogP contribution in [0.2, 0.25) is 0 Å². The topological polar surface area (TPSA) is 17.1 Å². The van der Waals surface area contributed by atoms with Crippen LogP contribution in [0.25, 0.3) is 0 Å². The Morgan fingerprint density at radius 2 is 2.25 bits per heavy atom. The molecule has 0 N–H and O–H groups in total. The maximum absolute atomic E-state index is 13.2. The van der Waals surface area contributed by atoms with Gasteiger partial charge in [-0.25, -0.2) is 4.39 Å². The van der Waals surface area contributed by atoms with Crippen molar-refractivity contribution in [1.29, 1.82) is 0 Å². The van der Waals surface area contributed by atoms with Gasteiger partial charge in [-0.1, -0.05) is 6.07 Å². The Balaban J connectivity index is 2.36. The van der Waals surface area contributed by atoms with E-state index in [0.717, 1.165) is 24.2 Å². The molecule has 1 nitrogen and oxygen atoms in total. The van der Waals surface area contributed by atoms with Crippen LogP contribution in [0, 0.1) is 12.7 Å². The van der Waals surface area contributed by atoms with Crippen LogP contribution >= 0.6 is 11.8 Å². The van der Waals surface area contributed by atoms with Gasteiger partial charge in [0, 0.05) is 5.56 Å². The molecule has 1 aliphatic rings. The number of thioether (sulfide) groups is 1. The number of hydrogen-bond acceptors (Lipinski definition) is 2. The van der Waals surface area contributed by atoms with Crippen LogP contribution in [0.1, 0.15) is 35.7 Å². The Bertz CT molecular complexity index is 422. The average Bonchev–Trinajstić information content (AvgIpc) is 2.69. The summed E-state index contributed by atoms with van der Waals surface area (Å²) in [5.74, 6) is 0.768. The number of halogens is 1. The van der Waals surface area contributed by atoms with Crippen LogP contribution in [-0.2, 0) is 0 Å². The molecule has 0 saturated carbocycles. The molecular weight excluding hydrogens is 223 g/mol. The molecule has 0 amide bonds. The number of benzene rings is 1. The maximum Gasteiger partial charge on any atom is 0.178 e. The summed E-state index contributed by atoms with van der Waals surface area (Å²) in [5.41, 5.74) is 1.40. The summed E-state index contributed by atoms with van der Waals surface area (Å²) in [6.45, 7) is 3.83. The molecule has 16 heavy (non-hydrogen) atoms. The predicted molar refractivity (Wildman–Crippen MR) is 65.6 cm³/mol. The van der Waals surface area contributed by atoms with E-state index in [2.05, 4.69) is 0 Å². The van der Waals surface area contributed by atoms with Crippen molar-refractivity contribution in [3.63, 3.8) is 0 Å². The van der Waals surface area contributed by atoms with Crippen molar-refractivity contribution in [2.24, 2.45) is 0 Å². The third-order valence-electron chi connectivity index (χ3n) is 3.14. The van der Waals surface area contributed by atoms with E-state index in [-0.39, 0.29) is 16.3 Å². The van der Waals surface area contributed by atoms with E-state index in [9.17, 15) is 9.18 Å². The molecule has 1 unspecified atom stereocenters. The van der Waals surface area contributed by atoms with E-state index >= 15 is 0 Å². The predicted octanol–water partition coefficient (Wildman–Crippen LogP) is 3.60. The summed E-state index contributed by atoms with van der Waals surface area (Å²) in [5, 5.41) is 0. The number of Topliss-reactive ketones (excluding diaryl/α,β-unsaturated/α-hetero) is 1. The summed E-state index contributed by atoms with van der Waals surface area (Å²) in [4.78, 5) is 12.4. The number of carbonyl (C=O) groups is 1. The maximum atomic E-state index is 13.2. The molecule has 0 radical (unpaired) electrons. The minimum absolute atomic E-state index is 0.0759. The summed E-state index contributed by atoms with van der Waals surface area (Å²) in [7, 11) is 0. The standard InChI is InChI=1S/C13H15FOS/c1-9-4-5-10(14)8-11(9)12(15)13(2)6-3-7-16-13/h4-5,8H,3,6-7H2,1-2H3. The largest absolute Gasteiger partial charge is 0.293 e. The van der Waals surface area contributed by atoms with Crippen molar-refractivity contribution in [2.45, 2.75) is 31.4 Å². The van der Waals surface area contributed by atoms with E-state index in [1.807, 2.05) is 13.8 Å². The Kier molecular flexibility index (Phi) is 3.06. The highest BCUT2D eigenvalue weighted by molar-refractivity contribution is 8.01. The van der Waals surface area contributed by atoms with Crippen LogP contribution in [0.3, 0.4) is 0 Å². The zero-order valence-electron chi connectivity index (χ0n) is 9.55. The van der Waals surface area contributed by atoms with Gasteiger partial charge in [-0.05, 0) is 50.1 Å². The van der Waals surface area contributed by atoms with Gasteiger partial charge in [0.05, 0.1) is 4.75 Å². The van der Waals surface area contributed by atoms with Crippen molar-refractivity contribution in [3.8, 4) is 0 Å². The zero-order chi connectivity index (χ0) is 11.8. The minimum Gasteiger partial charge on any atom is -0.293 e. The van der Waals surface area contributed by atoms with E-state index in [4.69, 9.17) is 0 Å². The SMILES string of the molecule is Cc1ccc(F)cc1C(=O)C1(C)CCCS1. The third-order valence-corrected chi connectivity index (χ3v) is 4.66. The van der Waals surface area contributed by atoms with Gasteiger partial charge in [0.25, 0.3) is 0 Å². The molecule has 0 bridgehead atoms. The van der Waals surface area contributed by atoms with E-state index in [1.54, 1.807) is 17.8 Å². The van der Waals surface area contributed by atoms with Gasteiger partial charge in [-0.15, -0.1) is 11.8 Å². The van der Waals surface area contributed by atoms with Crippen molar-refractivity contribution in [1.82, 2.24) is 0 Å². The highest BCUT2D eigenvalue weighted by Gasteiger charge is 2.38. The second kappa shape index (κ2) is 4.21. The fraction of sp³-hybridized carbons (Fsp3) is 0.462. The van der Waals surface area contributed by atoms with Gasteiger partial charge in [0.1, 0.15) is 5.82 Å². The molecule has 1 fully saturated rings. The highest BCUT2D eigenvalue weighted by atomic mass is 32.2. The Morgan fingerprint density at radius 3 is 2.88 bits per heavy atom. The fourth-order valence-electron chi connectivity index (χ4n) is 2.08. The molecule has 0 aliphatic carbocycles. The second-order valence-corrected chi connectivity index (χ2v) is 6.07. The van der Waals surface area contributed by atoms with Gasteiger partial charge in [-0.3, -0.25) is 4.79 Å². The first kappa shape index (κ1) is 11.6. The van der Waals surface area contributed by atoms with Crippen molar-refractivity contribution < 1.29 is 9.18 Å². The third kappa shape index (κ3) is 2.01. The number of ketones is 1. The number of hydrogen-bond donors (Lipinski definition) is 0. The lowest BCUT2D eigenvalue weighted by atomic mass is 9.92.